The number of nitrogens with zero attached hydrogens (tertiary/aromatic N) is 2. The van der Waals surface area contributed by atoms with Gasteiger partial charge < -0.3 is 5.32 Å². The SMILES string of the molecule is O=[N+]([O-])c1cc(F)c(NC2CCN(C3CC3)C2)c(F)c1. The van der Waals surface area contributed by atoms with E-state index in [1.807, 2.05) is 0 Å². The molecule has 0 spiro atoms. The van der Waals surface area contributed by atoms with Gasteiger partial charge in [0.05, 0.1) is 17.1 Å². The predicted molar refractivity (Wildman–Crippen MR) is 69.6 cm³/mol. The second-order valence-electron chi connectivity index (χ2n) is 5.40. The molecule has 1 saturated heterocycles. The molecule has 1 heterocycles. The molecule has 1 atom stereocenters. The third-order valence-electron chi connectivity index (χ3n) is 3.87. The first-order chi connectivity index (χ1) is 9.54. The molecule has 1 aliphatic carbocycles. The van der Waals surface area contributed by atoms with Crippen molar-refractivity contribution in [3.05, 3.63) is 33.9 Å². The van der Waals surface area contributed by atoms with E-state index in [9.17, 15) is 18.9 Å². The minimum absolute atomic E-state index is 0.0129. The summed E-state index contributed by atoms with van der Waals surface area (Å²) in [5.41, 5.74) is -0.838. The van der Waals surface area contributed by atoms with Crippen LogP contribution in [0.4, 0.5) is 20.2 Å². The average molecular weight is 283 g/mol. The van der Waals surface area contributed by atoms with Crippen LogP contribution in [0.3, 0.4) is 0 Å². The number of halogens is 2. The van der Waals surface area contributed by atoms with Gasteiger partial charge >= 0.3 is 0 Å². The topological polar surface area (TPSA) is 58.4 Å². The molecular formula is C13H15F2N3O2. The Morgan fingerprint density at radius 2 is 1.90 bits per heavy atom. The van der Waals surface area contributed by atoms with Gasteiger partial charge in [0.1, 0.15) is 5.69 Å². The molecule has 0 aromatic heterocycles. The standard InChI is InChI=1S/C13H15F2N3O2/c14-11-5-10(18(19)20)6-12(15)13(11)16-8-3-4-17(7-8)9-1-2-9/h5-6,8-9,16H,1-4,7H2. The van der Waals surface area contributed by atoms with Crippen molar-refractivity contribution in [3.8, 4) is 0 Å². The first-order valence-electron chi connectivity index (χ1n) is 6.68. The number of nitrogens with one attached hydrogen (secondary N) is 1. The molecule has 2 fully saturated rings. The largest absolute Gasteiger partial charge is 0.376 e. The number of anilines is 1. The maximum absolute atomic E-state index is 13.8. The molecule has 1 unspecified atom stereocenters. The zero-order valence-corrected chi connectivity index (χ0v) is 10.8. The fraction of sp³-hybridized carbons (Fsp3) is 0.538. The Kier molecular flexibility index (Phi) is 3.29. The van der Waals surface area contributed by atoms with Gasteiger partial charge in [0.2, 0.25) is 0 Å². The Bertz CT molecular complexity index is 525. The predicted octanol–water partition coefficient (Wildman–Crippen LogP) is 2.52. The summed E-state index contributed by atoms with van der Waals surface area (Å²) in [7, 11) is 0. The van der Waals surface area contributed by atoms with Crippen molar-refractivity contribution in [2.45, 2.75) is 31.3 Å². The molecule has 0 radical (unpaired) electrons. The number of hydrogen-bond donors (Lipinski definition) is 1. The number of hydrogen-bond acceptors (Lipinski definition) is 4. The molecule has 1 aromatic carbocycles. The lowest BCUT2D eigenvalue weighted by atomic mass is 10.2. The summed E-state index contributed by atoms with van der Waals surface area (Å²) in [6.07, 6.45) is 3.23. The van der Waals surface area contributed by atoms with Crippen molar-refractivity contribution in [1.29, 1.82) is 0 Å². The summed E-state index contributed by atoms with van der Waals surface area (Å²) < 4.78 is 27.5. The van der Waals surface area contributed by atoms with Crippen LogP contribution in [-0.2, 0) is 0 Å². The second-order valence-corrected chi connectivity index (χ2v) is 5.40. The molecule has 5 nitrogen and oxygen atoms in total. The van der Waals surface area contributed by atoms with Crippen molar-refractivity contribution in [3.63, 3.8) is 0 Å². The Hall–Kier alpha value is -1.76. The fourth-order valence-electron chi connectivity index (χ4n) is 2.68. The van der Waals surface area contributed by atoms with Crippen molar-refractivity contribution >= 4 is 11.4 Å². The number of nitro groups is 1. The van der Waals surface area contributed by atoms with E-state index in [4.69, 9.17) is 0 Å². The molecular weight excluding hydrogens is 268 g/mol. The van der Waals surface area contributed by atoms with Gasteiger partial charge in [-0.3, -0.25) is 15.0 Å². The van der Waals surface area contributed by atoms with Gasteiger partial charge in [0.25, 0.3) is 5.69 Å². The first-order valence-corrected chi connectivity index (χ1v) is 6.68. The quantitative estimate of drug-likeness (QED) is 0.681. The Balaban J connectivity index is 1.72. The smallest absolute Gasteiger partial charge is 0.275 e. The van der Waals surface area contributed by atoms with Crippen LogP contribution in [0.15, 0.2) is 12.1 Å². The first kappa shape index (κ1) is 13.2. The van der Waals surface area contributed by atoms with Gasteiger partial charge in [-0.25, -0.2) is 8.78 Å². The van der Waals surface area contributed by atoms with Crippen LogP contribution in [0.1, 0.15) is 19.3 Å². The van der Waals surface area contributed by atoms with E-state index in [2.05, 4.69) is 10.2 Å². The molecule has 1 N–H and O–H groups in total. The van der Waals surface area contributed by atoms with Crippen LogP contribution < -0.4 is 5.32 Å². The second kappa shape index (κ2) is 4.97. The van der Waals surface area contributed by atoms with Crippen LogP contribution in [0, 0.1) is 21.7 Å². The summed E-state index contributed by atoms with van der Waals surface area (Å²) in [5, 5.41) is 13.4. The molecule has 1 aliphatic heterocycles. The molecule has 108 valence electrons. The number of likely N-dealkylation sites (tertiary alicyclic amines) is 1. The average Bonchev–Trinajstić information content (AvgIpc) is 3.14. The molecule has 0 bridgehead atoms. The summed E-state index contributed by atoms with van der Waals surface area (Å²) in [5.74, 6) is -1.83. The highest BCUT2D eigenvalue weighted by Crippen LogP contribution is 2.32. The molecule has 1 saturated carbocycles. The van der Waals surface area contributed by atoms with E-state index in [-0.39, 0.29) is 11.7 Å². The number of benzene rings is 1. The molecule has 1 aromatic rings. The van der Waals surface area contributed by atoms with Gasteiger partial charge in [-0.1, -0.05) is 0 Å². The summed E-state index contributed by atoms with van der Waals surface area (Å²) >= 11 is 0. The highest BCUT2D eigenvalue weighted by Gasteiger charge is 2.34. The van der Waals surface area contributed by atoms with Gasteiger partial charge in [-0.2, -0.15) is 0 Å². The number of non-ortho nitro benzene ring substituents is 1. The molecule has 0 amide bonds. The van der Waals surface area contributed by atoms with Crippen molar-refractivity contribution in [1.82, 2.24) is 4.90 Å². The van der Waals surface area contributed by atoms with Gasteiger partial charge in [0, 0.05) is 25.2 Å². The van der Waals surface area contributed by atoms with Crippen molar-refractivity contribution in [2.75, 3.05) is 18.4 Å². The maximum atomic E-state index is 13.8. The summed E-state index contributed by atoms with van der Waals surface area (Å²) in [6, 6.07) is 2.12. The van der Waals surface area contributed by atoms with E-state index >= 15 is 0 Å². The van der Waals surface area contributed by atoms with Crippen LogP contribution in [0.25, 0.3) is 0 Å². The van der Waals surface area contributed by atoms with Crippen LogP contribution in [0.2, 0.25) is 0 Å². The van der Waals surface area contributed by atoms with E-state index in [1.54, 1.807) is 0 Å². The van der Waals surface area contributed by atoms with E-state index < -0.39 is 22.2 Å². The highest BCUT2D eigenvalue weighted by molar-refractivity contribution is 5.52. The lowest BCUT2D eigenvalue weighted by Gasteiger charge is -2.17. The normalized spacial score (nSPS) is 23.0. The number of nitro benzene ring substituents is 1. The fourth-order valence-corrected chi connectivity index (χ4v) is 2.68. The van der Waals surface area contributed by atoms with E-state index in [0.29, 0.717) is 6.04 Å². The van der Waals surface area contributed by atoms with Gasteiger partial charge in [-0.05, 0) is 19.3 Å². The van der Waals surface area contributed by atoms with Crippen LogP contribution >= 0.6 is 0 Å². The van der Waals surface area contributed by atoms with E-state index in [0.717, 1.165) is 31.6 Å². The third-order valence-corrected chi connectivity index (χ3v) is 3.87. The Morgan fingerprint density at radius 1 is 1.25 bits per heavy atom. The lowest BCUT2D eigenvalue weighted by Crippen LogP contribution is -2.28. The van der Waals surface area contributed by atoms with Crippen molar-refractivity contribution in [2.24, 2.45) is 0 Å². The lowest BCUT2D eigenvalue weighted by molar-refractivity contribution is -0.385. The Labute approximate surface area is 114 Å². The number of rotatable bonds is 4. The highest BCUT2D eigenvalue weighted by atomic mass is 19.1. The van der Waals surface area contributed by atoms with Crippen LogP contribution in [-0.4, -0.2) is 35.0 Å². The zero-order chi connectivity index (χ0) is 14.3. The zero-order valence-electron chi connectivity index (χ0n) is 10.8. The van der Waals surface area contributed by atoms with Gasteiger partial charge in [0.15, 0.2) is 11.6 Å². The Morgan fingerprint density at radius 3 is 2.45 bits per heavy atom. The van der Waals surface area contributed by atoms with Crippen molar-refractivity contribution < 1.29 is 13.7 Å². The third kappa shape index (κ3) is 2.58. The van der Waals surface area contributed by atoms with Gasteiger partial charge in [-0.15, -0.1) is 0 Å². The van der Waals surface area contributed by atoms with Crippen LogP contribution in [0.5, 0.6) is 0 Å². The summed E-state index contributed by atoms with van der Waals surface area (Å²) in [4.78, 5) is 12.0. The maximum Gasteiger partial charge on any atom is 0.275 e. The van der Waals surface area contributed by atoms with E-state index in [1.165, 1.54) is 12.8 Å². The molecule has 2 aliphatic rings. The molecule has 7 heteroatoms. The minimum atomic E-state index is -0.915. The minimum Gasteiger partial charge on any atom is -0.376 e. The molecule has 20 heavy (non-hydrogen) atoms. The monoisotopic (exact) mass is 283 g/mol. The summed E-state index contributed by atoms with van der Waals surface area (Å²) in [6.45, 7) is 1.69. The molecule has 3 rings (SSSR count).